The van der Waals surface area contributed by atoms with Crippen molar-refractivity contribution in [2.45, 2.75) is 26.4 Å². The van der Waals surface area contributed by atoms with Gasteiger partial charge in [-0.25, -0.2) is 4.79 Å². The van der Waals surface area contributed by atoms with Gasteiger partial charge < -0.3 is 19.7 Å². The quantitative estimate of drug-likeness (QED) is 0.761. The minimum Gasteiger partial charge on any atom is -0.477 e. The zero-order valence-corrected chi connectivity index (χ0v) is 17.0. The third kappa shape index (κ3) is 4.89. The summed E-state index contributed by atoms with van der Waals surface area (Å²) in [6.07, 6.45) is -0.538. The number of hydrogen-bond donors (Lipinski definition) is 2. The lowest BCUT2D eigenvalue weighted by Gasteiger charge is -2.34. The predicted molar refractivity (Wildman–Crippen MR) is 113 cm³/mol. The van der Waals surface area contributed by atoms with Crippen molar-refractivity contribution in [1.29, 1.82) is 0 Å². The van der Waals surface area contributed by atoms with Gasteiger partial charge in [-0.1, -0.05) is 19.1 Å². The summed E-state index contributed by atoms with van der Waals surface area (Å²) >= 11 is 0. The van der Waals surface area contributed by atoms with E-state index in [0.717, 1.165) is 6.42 Å². The number of nitrogens with one attached hydrogen (secondary N) is 2. The maximum absolute atomic E-state index is 13.2. The van der Waals surface area contributed by atoms with Crippen LogP contribution in [0.4, 0.5) is 16.2 Å². The fraction of sp³-hybridized carbons (Fsp3) is 0.318. The van der Waals surface area contributed by atoms with Gasteiger partial charge in [0.1, 0.15) is 5.75 Å². The topological polar surface area (TPSA) is 97.0 Å². The van der Waals surface area contributed by atoms with Crippen LogP contribution in [0.5, 0.6) is 5.75 Å². The number of rotatable bonds is 6. The van der Waals surface area contributed by atoms with E-state index in [1.165, 1.54) is 0 Å². The third-order valence-electron chi connectivity index (χ3n) is 4.51. The Balaban J connectivity index is 1.79. The molecule has 0 aliphatic carbocycles. The van der Waals surface area contributed by atoms with Crippen LogP contribution in [0.25, 0.3) is 0 Å². The Labute approximate surface area is 175 Å². The molecule has 0 saturated carbocycles. The molecule has 1 aliphatic rings. The van der Waals surface area contributed by atoms with Crippen LogP contribution in [0.3, 0.4) is 0 Å². The summed E-state index contributed by atoms with van der Waals surface area (Å²) in [4.78, 5) is 38.7. The summed E-state index contributed by atoms with van der Waals surface area (Å²) in [6.45, 7) is 4.61. The van der Waals surface area contributed by atoms with E-state index in [0.29, 0.717) is 29.2 Å². The van der Waals surface area contributed by atoms with Crippen molar-refractivity contribution < 1.29 is 23.9 Å². The molecule has 1 heterocycles. The molecule has 8 heteroatoms. The molecule has 0 saturated heterocycles. The monoisotopic (exact) mass is 411 g/mol. The van der Waals surface area contributed by atoms with Crippen LogP contribution in [-0.2, 0) is 9.53 Å². The lowest BCUT2D eigenvalue weighted by Crippen LogP contribution is -2.50. The second kappa shape index (κ2) is 9.78. The summed E-state index contributed by atoms with van der Waals surface area (Å²) in [6, 6.07) is 13.6. The van der Waals surface area contributed by atoms with Crippen molar-refractivity contribution in [3.63, 3.8) is 0 Å². The van der Waals surface area contributed by atoms with Gasteiger partial charge in [-0.3, -0.25) is 14.9 Å². The zero-order valence-electron chi connectivity index (χ0n) is 17.0. The van der Waals surface area contributed by atoms with Gasteiger partial charge in [-0.05, 0) is 49.7 Å². The largest absolute Gasteiger partial charge is 0.477 e. The molecule has 0 aromatic heterocycles. The Morgan fingerprint density at radius 2 is 1.83 bits per heavy atom. The van der Waals surface area contributed by atoms with Crippen molar-refractivity contribution >= 4 is 29.3 Å². The van der Waals surface area contributed by atoms with Crippen molar-refractivity contribution in [2.24, 2.45) is 0 Å². The van der Waals surface area contributed by atoms with Gasteiger partial charge in [-0.15, -0.1) is 0 Å². The summed E-state index contributed by atoms with van der Waals surface area (Å²) in [7, 11) is 0. The van der Waals surface area contributed by atoms with E-state index >= 15 is 0 Å². The molecular formula is C22H25N3O5. The van der Waals surface area contributed by atoms with Gasteiger partial charge in [0.25, 0.3) is 11.8 Å². The number of para-hydroxylation sites is 2. The molecule has 0 radical (unpaired) electrons. The lowest BCUT2D eigenvalue weighted by atomic mass is 10.1. The minimum atomic E-state index is -0.792. The first-order valence-electron chi connectivity index (χ1n) is 9.92. The Morgan fingerprint density at radius 3 is 2.53 bits per heavy atom. The number of fused-ring (bicyclic) bond motifs is 1. The summed E-state index contributed by atoms with van der Waals surface area (Å²) in [5, 5.41) is 5.40. The van der Waals surface area contributed by atoms with Gasteiger partial charge in [0.05, 0.1) is 18.8 Å². The molecule has 0 spiro atoms. The van der Waals surface area contributed by atoms with Crippen molar-refractivity contribution in [2.75, 3.05) is 29.9 Å². The minimum absolute atomic E-state index is 0.105. The Kier molecular flexibility index (Phi) is 6.90. The number of carbonyl (C=O) groups is 3. The molecule has 3 amide bonds. The first-order valence-corrected chi connectivity index (χ1v) is 9.92. The van der Waals surface area contributed by atoms with Gasteiger partial charge in [0.15, 0.2) is 6.10 Å². The smallest absolute Gasteiger partial charge is 0.411 e. The van der Waals surface area contributed by atoms with Crippen molar-refractivity contribution in [3.05, 3.63) is 54.1 Å². The number of benzene rings is 2. The van der Waals surface area contributed by atoms with Crippen LogP contribution in [0.15, 0.2) is 48.5 Å². The molecule has 1 aliphatic heterocycles. The molecule has 2 aromatic rings. The van der Waals surface area contributed by atoms with E-state index in [2.05, 4.69) is 10.6 Å². The second-order valence-electron chi connectivity index (χ2n) is 6.70. The van der Waals surface area contributed by atoms with E-state index in [9.17, 15) is 14.4 Å². The summed E-state index contributed by atoms with van der Waals surface area (Å²) in [5.41, 5.74) is 1.55. The van der Waals surface area contributed by atoms with E-state index in [1.807, 2.05) is 13.0 Å². The van der Waals surface area contributed by atoms with Crippen LogP contribution in [0.1, 0.15) is 30.6 Å². The molecule has 1 atom stereocenters. The molecule has 0 bridgehead atoms. The van der Waals surface area contributed by atoms with Crippen molar-refractivity contribution in [3.8, 4) is 5.75 Å². The standard InChI is InChI=1S/C22H25N3O5/c1-3-13-23-20(26)19-14-25(17-7-5-6-8-18(17)30-19)21(27)15-9-11-16(12-10-15)24-22(28)29-4-2/h5-12,19H,3-4,13-14H2,1-2H3,(H,23,26)(H,24,28)/t19-/m1/s1. The fourth-order valence-electron chi connectivity index (χ4n) is 3.06. The second-order valence-corrected chi connectivity index (χ2v) is 6.70. The zero-order chi connectivity index (χ0) is 21.5. The van der Waals surface area contributed by atoms with Crippen LogP contribution in [-0.4, -0.2) is 43.7 Å². The van der Waals surface area contributed by atoms with E-state index < -0.39 is 12.2 Å². The average molecular weight is 411 g/mol. The van der Waals surface area contributed by atoms with Crippen LogP contribution in [0.2, 0.25) is 0 Å². The van der Waals surface area contributed by atoms with Crippen LogP contribution >= 0.6 is 0 Å². The average Bonchev–Trinajstić information content (AvgIpc) is 2.76. The SMILES string of the molecule is CCCNC(=O)[C@H]1CN(C(=O)c2ccc(NC(=O)OCC)cc2)c2ccccc2O1. The highest BCUT2D eigenvalue weighted by Gasteiger charge is 2.34. The molecule has 30 heavy (non-hydrogen) atoms. The Morgan fingerprint density at radius 1 is 1.10 bits per heavy atom. The fourth-order valence-corrected chi connectivity index (χ4v) is 3.06. The Hall–Kier alpha value is -3.55. The molecule has 3 rings (SSSR count). The summed E-state index contributed by atoms with van der Waals surface area (Å²) in [5.74, 6) is -0.0331. The molecule has 2 N–H and O–H groups in total. The number of hydrogen-bond acceptors (Lipinski definition) is 5. The first kappa shape index (κ1) is 21.2. The van der Waals surface area contributed by atoms with Crippen LogP contribution < -0.4 is 20.3 Å². The van der Waals surface area contributed by atoms with Crippen LogP contribution in [0, 0.1) is 0 Å². The first-order chi connectivity index (χ1) is 14.5. The van der Waals surface area contributed by atoms with E-state index in [1.54, 1.807) is 54.3 Å². The third-order valence-corrected chi connectivity index (χ3v) is 4.51. The predicted octanol–water partition coefficient (Wildman–Crippen LogP) is 3.19. The molecular weight excluding hydrogens is 386 g/mol. The van der Waals surface area contributed by atoms with Gasteiger partial charge >= 0.3 is 6.09 Å². The number of carbonyl (C=O) groups excluding carboxylic acids is 3. The highest BCUT2D eigenvalue weighted by Crippen LogP contribution is 2.34. The number of anilines is 2. The van der Waals surface area contributed by atoms with E-state index in [-0.39, 0.29) is 25.0 Å². The van der Waals surface area contributed by atoms with Gasteiger partial charge in [0.2, 0.25) is 0 Å². The lowest BCUT2D eigenvalue weighted by molar-refractivity contribution is -0.127. The van der Waals surface area contributed by atoms with E-state index in [4.69, 9.17) is 9.47 Å². The number of nitrogens with zero attached hydrogens (tertiary/aromatic N) is 1. The molecule has 2 aromatic carbocycles. The van der Waals surface area contributed by atoms with Gasteiger partial charge in [0, 0.05) is 17.8 Å². The molecule has 0 fully saturated rings. The highest BCUT2D eigenvalue weighted by molar-refractivity contribution is 6.08. The van der Waals surface area contributed by atoms with Gasteiger partial charge in [-0.2, -0.15) is 0 Å². The summed E-state index contributed by atoms with van der Waals surface area (Å²) < 4.78 is 10.7. The molecule has 158 valence electrons. The maximum atomic E-state index is 13.2. The van der Waals surface area contributed by atoms with Crippen molar-refractivity contribution in [1.82, 2.24) is 5.32 Å². The Bertz CT molecular complexity index is 913. The normalized spacial score (nSPS) is 14.9. The highest BCUT2D eigenvalue weighted by atomic mass is 16.5. The molecule has 0 unspecified atom stereocenters. The molecule has 8 nitrogen and oxygen atoms in total. The number of ether oxygens (including phenoxy) is 2. The number of amides is 3. The maximum Gasteiger partial charge on any atom is 0.411 e.